The van der Waals surface area contributed by atoms with Crippen LogP contribution >= 0.6 is 0 Å². The minimum atomic E-state index is -0.797. The molecule has 0 saturated heterocycles. The lowest BCUT2D eigenvalue weighted by atomic mass is 9.84. The first-order valence-corrected chi connectivity index (χ1v) is 8.71. The average molecular weight is 371 g/mol. The van der Waals surface area contributed by atoms with E-state index in [1.807, 2.05) is 74.5 Å². The summed E-state index contributed by atoms with van der Waals surface area (Å²) < 4.78 is 0. The Bertz CT molecular complexity index is 739. The van der Waals surface area contributed by atoms with Crippen molar-refractivity contribution in [1.82, 2.24) is 5.06 Å². The molecule has 1 N–H and O–H groups in total. The number of likely N-dealkylation sites (N-methyl/N-ethyl adjacent to an activating group) is 1. The normalized spacial score (nSPS) is 11.2. The van der Waals surface area contributed by atoms with Gasteiger partial charge in [-0.2, -0.15) is 0 Å². The number of amides is 1. The molecule has 0 aliphatic carbocycles. The van der Waals surface area contributed by atoms with Crippen LogP contribution in [0.5, 0.6) is 0 Å². The number of rotatable bonds is 5. The van der Waals surface area contributed by atoms with E-state index in [2.05, 4.69) is 0 Å². The number of hydrogen-bond acceptors (Lipinski definition) is 3. The van der Waals surface area contributed by atoms with Crippen LogP contribution in [0, 0.1) is 0 Å². The third kappa shape index (κ3) is 5.66. The number of hydroxylamine groups is 2. The third-order valence-corrected chi connectivity index (χ3v) is 4.62. The van der Waals surface area contributed by atoms with E-state index >= 15 is 0 Å². The first kappa shape index (κ1) is 22.4. The minimum absolute atomic E-state index is 0.0591. The Morgan fingerprint density at radius 3 is 1.52 bits per heavy atom. The van der Waals surface area contributed by atoms with Crippen LogP contribution in [0.25, 0.3) is 0 Å². The van der Waals surface area contributed by atoms with Gasteiger partial charge >= 0.3 is 5.97 Å². The Morgan fingerprint density at radius 1 is 0.815 bits per heavy atom. The van der Waals surface area contributed by atoms with Gasteiger partial charge in [-0.3, -0.25) is 14.4 Å². The summed E-state index contributed by atoms with van der Waals surface area (Å²) in [7, 11) is 3.10. The monoisotopic (exact) mass is 371 g/mol. The van der Waals surface area contributed by atoms with E-state index in [4.69, 9.17) is 9.94 Å². The molecule has 27 heavy (non-hydrogen) atoms. The second-order valence-electron chi connectivity index (χ2n) is 7.27. The molecule has 5 heteroatoms. The fourth-order valence-corrected chi connectivity index (χ4v) is 2.43. The smallest absolute Gasteiger partial charge is 0.313 e. The summed E-state index contributed by atoms with van der Waals surface area (Å²) in [5.41, 5.74) is 0.462. The number of carboxylic acids is 1. The van der Waals surface area contributed by atoms with Gasteiger partial charge in [-0.25, -0.2) is 5.06 Å². The Morgan fingerprint density at radius 2 is 1.19 bits per heavy atom. The summed E-state index contributed by atoms with van der Waals surface area (Å²) in [4.78, 5) is 27.7. The zero-order chi connectivity index (χ0) is 20.7. The molecule has 2 aromatic rings. The number of benzene rings is 2. The predicted molar refractivity (Wildman–Crippen MR) is 106 cm³/mol. The van der Waals surface area contributed by atoms with Crippen molar-refractivity contribution in [2.45, 2.75) is 38.5 Å². The van der Waals surface area contributed by atoms with E-state index < -0.39 is 16.8 Å². The lowest BCUT2D eigenvalue weighted by molar-refractivity contribution is -0.174. The molecule has 0 radical (unpaired) electrons. The molecule has 0 atom stereocenters. The number of carbonyl (C=O) groups is 2. The molecule has 2 aromatic carbocycles. The fourth-order valence-electron chi connectivity index (χ4n) is 2.43. The van der Waals surface area contributed by atoms with Gasteiger partial charge in [0.1, 0.15) is 0 Å². The quantitative estimate of drug-likeness (QED) is 0.806. The van der Waals surface area contributed by atoms with Crippen molar-refractivity contribution in [3.8, 4) is 0 Å². The van der Waals surface area contributed by atoms with Gasteiger partial charge < -0.3 is 5.11 Å². The van der Waals surface area contributed by atoms with Crippen LogP contribution in [0.15, 0.2) is 60.7 Å². The van der Waals surface area contributed by atoms with Gasteiger partial charge in [0.05, 0.1) is 17.9 Å². The molecule has 0 bridgehead atoms. The van der Waals surface area contributed by atoms with E-state index in [0.29, 0.717) is 0 Å². The Hall–Kier alpha value is -2.66. The van der Waals surface area contributed by atoms with Crippen molar-refractivity contribution >= 4 is 11.9 Å². The minimum Gasteiger partial charge on any atom is -0.481 e. The van der Waals surface area contributed by atoms with Gasteiger partial charge in [0.25, 0.3) is 5.91 Å². The van der Waals surface area contributed by atoms with E-state index in [0.717, 1.165) is 11.1 Å². The second kappa shape index (κ2) is 9.33. The standard InChI is InChI=1S/C12H17NO2.C10H12O2/c1-12(2,11(14)13(3)15-4)10-8-6-5-7-9-10;1-10(2,9(11)12)8-6-4-3-5-7-8/h5-9H,1-4H3;3-7H,1-2H3,(H,11,12). The maximum Gasteiger partial charge on any atom is 0.313 e. The van der Waals surface area contributed by atoms with Crippen LogP contribution in [-0.4, -0.2) is 36.2 Å². The Labute approximate surface area is 161 Å². The van der Waals surface area contributed by atoms with E-state index in [1.54, 1.807) is 20.9 Å². The molecule has 1 amide bonds. The Balaban J connectivity index is 0.000000277. The van der Waals surface area contributed by atoms with Crippen LogP contribution in [-0.2, 0) is 25.3 Å². The Kier molecular flexibility index (Phi) is 7.73. The molecule has 0 saturated carbocycles. The zero-order valence-corrected chi connectivity index (χ0v) is 16.9. The molecule has 0 fully saturated rings. The molecule has 146 valence electrons. The summed E-state index contributed by atoms with van der Waals surface area (Å²) in [6, 6.07) is 18.9. The van der Waals surface area contributed by atoms with Crippen molar-refractivity contribution in [2.75, 3.05) is 14.2 Å². The molecule has 0 aliphatic heterocycles. The van der Waals surface area contributed by atoms with Crippen molar-refractivity contribution < 1.29 is 19.5 Å². The fraction of sp³-hybridized carbons (Fsp3) is 0.364. The zero-order valence-electron chi connectivity index (χ0n) is 16.9. The van der Waals surface area contributed by atoms with Gasteiger partial charge in [0.15, 0.2) is 0 Å². The highest BCUT2D eigenvalue weighted by molar-refractivity contribution is 5.86. The lowest BCUT2D eigenvalue weighted by Gasteiger charge is -2.28. The first-order valence-electron chi connectivity index (χ1n) is 8.71. The molecule has 0 spiro atoms. The van der Waals surface area contributed by atoms with E-state index in [9.17, 15) is 9.59 Å². The molecule has 5 nitrogen and oxygen atoms in total. The van der Waals surface area contributed by atoms with Gasteiger partial charge in [0, 0.05) is 7.05 Å². The van der Waals surface area contributed by atoms with Crippen molar-refractivity contribution in [3.63, 3.8) is 0 Å². The number of hydrogen-bond donors (Lipinski definition) is 1. The maximum absolute atomic E-state index is 12.0. The predicted octanol–water partition coefficient (Wildman–Crippen LogP) is 4.03. The molecule has 0 heterocycles. The number of carbonyl (C=O) groups excluding carboxylic acids is 1. The summed E-state index contributed by atoms with van der Waals surface area (Å²) in [5, 5.41) is 10.2. The first-order chi connectivity index (χ1) is 12.5. The molecule has 0 aromatic heterocycles. The average Bonchev–Trinajstić information content (AvgIpc) is 2.68. The van der Waals surface area contributed by atoms with Crippen LogP contribution < -0.4 is 0 Å². The highest BCUT2D eigenvalue weighted by atomic mass is 16.7. The lowest BCUT2D eigenvalue weighted by Crippen LogP contribution is -2.40. The summed E-state index contributed by atoms with van der Waals surface area (Å²) >= 11 is 0. The van der Waals surface area contributed by atoms with Gasteiger partial charge in [-0.1, -0.05) is 60.7 Å². The second-order valence-corrected chi connectivity index (χ2v) is 7.27. The molecule has 0 aliphatic rings. The van der Waals surface area contributed by atoms with E-state index in [1.165, 1.54) is 12.2 Å². The molecular weight excluding hydrogens is 342 g/mol. The number of nitrogens with zero attached hydrogens (tertiary/aromatic N) is 1. The third-order valence-electron chi connectivity index (χ3n) is 4.62. The van der Waals surface area contributed by atoms with Gasteiger partial charge in [-0.15, -0.1) is 0 Å². The van der Waals surface area contributed by atoms with Crippen molar-refractivity contribution in [2.24, 2.45) is 0 Å². The molecular formula is C22H29NO4. The SMILES string of the molecule is CC(C)(C(=O)O)c1ccccc1.CON(C)C(=O)C(C)(C)c1ccccc1. The van der Waals surface area contributed by atoms with E-state index in [-0.39, 0.29) is 5.91 Å². The number of aliphatic carboxylic acids is 1. The van der Waals surface area contributed by atoms with Crippen molar-refractivity contribution in [1.29, 1.82) is 0 Å². The highest BCUT2D eigenvalue weighted by Gasteiger charge is 2.32. The number of carboxylic acid groups (broad SMARTS) is 1. The van der Waals surface area contributed by atoms with Crippen LogP contribution in [0.4, 0.5) is 0 Å². The van der Waals surface area contributed by atoms with Crippen molar-refractivity contribution in [3.05, 3.63) is 71.8 Å². The maximum atomic E-state index is 12.0. The summed E-state index contributed by atoms with van der Waals surface area (Å²) in [6.45, 7) is 7.18. The summed E-state index contributed by atoms with van der Waals surface area (Å²) in [6.07, 6.45) is 0. The van der Waals surface area contributed by atoms with Crippen LogP contribution in [0.1, 0.15) is 38.8 Å². The molecule has 2 rings (SSSR count). The van der Waals surface area contributed by atoms with Gasteiger partial charge in [0.2, 0.25) is 0 Å². The molecule has 0 unspecified atom stereocenters. The largest absolute Gasteiger partial charge is 0.481 e. The summed E-state index contributed by atoms with van der Waals surface area (Å²) in [5.74, 6) is -0.857. The topological polar surface area (TPSA) is 66.8 Å². The highest BCUT2D eigenvalue weighted by Crippen LogP contribution is 2.25. The van der Waals surface area contributed by atoms with Gasteiger partial charge in [-0.05, 0) is 38.8 Å². The van der Waals surface area contributed by atoms with Crippen LogP contribution in [0.2, 0.25) is 0 Å². The van der Waals surface area contributed by atoms with Crippen LogP contribution in [0.3, 0.4) is 0 Å².